The third-order valence-electron chi connectivity index (χ3n) is 3.20. The molecule has 21 heavy (non-hydrogen) atoms. The Morgan fingerprint density at radius 1 is 1.33 bits per heavy atom. The van der Waals surface area contributed by atoms with Gasteiger partial charge < -0.3 is 14.6 Å². The van der Waals surface area contributed by atoms with Gasteiger partial charge >= 0.3 is 0 Å². The van der Waals surface area contributed by atoms with Gasteiger partial charge in [0.05, 0.1) is 23.8 Å². The van der Waals surface area contributed by atoms with Crippen molar-refractivity contribution in [1.82, 2.24) is 0 Å². The lowest BCUT2D eigenvalue weighted by Gasteiger charge is -2.15. The van der Waals surface area contributed by atoms with E-state index in [-0.39, 0.29) is 5.75 Å². The maximum Gasteiger partial charge on any atom is 0.175 e. The summed E-state index contributed by atoms with van der Waals surface area (Å²) in [6.07, 6.45) is 2.10. The maximum absolute atomic E-state index is 11.1. The minimum Gasteiger partial charge on any atom is -0.490 e. The Bertz CT molecular complexity index is 600. The second-order valence-corrected chi connectivity index (χ2v) is 8.28. The molecule has 1 aliphatic rings. The van der Waals surface area contributed by atoms with Gasteiger partial charge in [0, 0.05) is 18.4 Å². The first-order chi connectivity index (χ1) is 9.87. The van der Waals surface area contributed by atoms with Crippen molar-refractivity contribution in [2.75, 3.05) is 25.2 Å². The van der Waals surface area contributed by atoms with Crippen LogP contribution in [0.25, 0.3) is 0 Å². The van der Waals surface area contributed by atoms with Gasteiger partial charge in [0.25, 0.3) is 0 Å². The number of aliphatic hydroxyl groups is 1. The first-order valence-electron chi connectivity index (χ1n) is 6.81. The fraction of sp³-hybridized carbons (Fsp3) is 0.571. The number of halogens is 1. The first kappa shape index (κ1) is 16.6. The van der Waals surface area contributed by atoms with Crippen LogP contribution < -0.4 is 9.47 Å². The summed E-state index contributed by atoms with van der Waals surface area (Å²) in [5, 5.41) is 10.2. The molecule has 0 amide bonds. The predicted octanol–water partition coefficient (Wildman–Crippen LogP) is 2.47. The Labute approximate surface area is 133 Å². The lowest BCUT2D eigenvalue weighted by Crippen LogP contribution is -2.06. The molecule has 1 unspecified atom stereocenters. The summed E-state index contributed by atoms with van der Waals surface area (Å²) in [6.45, 7) is 1.18. The highest BCUT2D eigenvalue weighted by Gasteiger charge is 2.18. The lowest BCUT2D eigenvalue weighted by molar-refractivity contribution is 0.166. The van der Waals surface area contributed by atoms with Gasteiger partial charge in [-0.15, -0.1) is 0 Å². The molecule has 1 aromatic rings. The van der Waals surface area contributed by atoms with Gasteiger partial charge in [-0.05, 0) is 46.5 Å². The molecule has 0 aliphatic carbocycles. The van der Waals surface area contributed by atoms with E-state index in [4.69, 9.17) is 9.47 Å². The van der Waals surface area contributed by atoms with Crippen molar-refractivity contribution < 1.29 is 23.0 Å². The molecule has 0 aromatic heterocycles. The van der Waals surface area contributed by atoms with Crippen LogP contribution in [0.4, 0.5) is 0 Å². The van der Waals surface area contributed by atoms with Crippen LogP contribution in [0.5, 0.6) is 11.5 Å². The summed E-state index contributed by atoms with van der Waals surface area (Å²) >= 11 is 3.42. The molecule has 5 nitrogen and oxygen atoms in total. The van der Waals surface area contributed by atoms with Crippen LogP contribution in [0.2, 0.25) is 0 Å². The van der Waals surface area contributed by atoms with E-state index in [0.29, 0.717) is 43.1 Å². The zero-order chi connectivity index (χ0) is 15.5. The Balaban J connectivity index is 2.09. The van der Waals surface area contributed by atoms with E-state index in [9.17, 15) is 13.5 Å². The maximum atomic E-state index is 11.1. The van der Waals surface area contributed by atoms with E-state index in [1.165, 1.54) is 6.26 Å². The SMILES string of the molecule is CS(=O)(=O)CCCC(O)c1cc(Br)c2c(c1)OCCCO2. The number of sulfone groups is 1. The molecule has 7 heteroatoms. The molecule has 1 atom stereocenters. The lowest BCUT2D eigenvalue weighted by atomic mass is 10.0. The van der Waals surface area contributed by atoms with Crippen molar-refractivity contribution in [2.45, 2.75) is 25.4 Å². The zero-order valence-corrected chi connectivity index (χ0v) is 14.2. The van der Waals surface area contributed by atoms with Crippen molar-refractivity contribution in [2.24, 2.45) is 0 Å². The van der Waals surface area contributed by atoms with E-state index < -0.39 is 15.9 Å². The van der Waals surface area contributed by atoms with E-state index in [0.717, 1.165) is 10.9 Å². The number of hydrogen-bond donors (Lipinski definition) is 1. The molecule has 1 aromatic carbocycles. The van der Waals surface area contributed by atoms with Crippen LogP contribution in [0.1, 0.15) is 30.9 Å². The topological polar surface area (TPSA) is 72.8 Å². The Morgan fingerprint density at radius 3 is 2.76 bits per heavy atom. The molecule has 1 N–H and O–H groups in total. The van der Waals surface area contributed by atoms with Crippen molar-refractivity contribution in [1.29, 1.82) is 0 Å². The van der Waals surface area contributed by atoms with Gasteiger partial charge in [-0.2, -0.15) is 0 Å². The minimum atomic E-state index is -2.99. The standard InChI is InChI=1S/C14H19BrO5S/c1-21(17,18)7-2-4-12(16)10-8-11(15)14-13(9-10)19-5-3-6-20-14/h8-9,12,16H,2-7H2,1H3. The highest BCUT2D eigenvalue weighted by molar-refractivity contribution is 9.10. The molecule has 0 fully saturated rings. The van der Waals surface area contributed by atoms with Crippen LogP contribution in [-0.2, 0) is 9.84 Å². The van der Waals surface area contributed by atoms with Crippen LogP contribution in [0, 0.1) is 0 Å². The molecular formula is C14H19BrO5S. The Kier molecular flexibility index (Phi) is 5.51. The van der Waals surface area contributed by atoms with Crippen LogP contribution in [-0.4, -0.2) is 38.7 Å². The molecule has 0 saturated carbocycles. The Hall–Kier alpha value is -0.790. The molecule has 1 aliphatic heterocycles. The quantitative estimate of drug-likeness (QED) is 0.851. The summed E-state index contributed by atoms with van der Waals surface area (Å²) in [4.78, 5) is 0. The van der Waals surface area contributed by atoms with E-state index in [2.05, 4.69) is 15.9 Å². The minimum absolute atomic E-state index is 0.0791. The molecule has 118 valence electrons. The Morgan fingerprint density at radius 2 is 2.05 bits per heavy atom. The fourth-order valence-corrected chi connectivity index (χ4v) is 3.41. The molecular weight excluding hydrogens is 360 g/mol. The molecule has 0 spiro atoms. The average Bonchev–Trinajstić information content (AvgIpc) is 2.62. The van der Waals surface area contributed by atoms with Gasteiger partial charge in [0.2, 0.25) is 0 Å². The molecule has 2 rings (SSSR count). The summed E-state index contributed by atoms with van der Waals surface area (Å²) in [6, 6.07) is 3.55. The second kappa shape index (κ2) is 6.98. The van der Waals surface area contributed by atoms with E-state index in [1.807, 2.05) is 0 Å². The highest BCUT2D eigenvalue weighted by Crippen LogP contribution is 2.40. The number of hydrogen-bond acceptors (Lipinski definition) is 5. The highest BCUT2D eigenvalue weighted by atomic mass is 79.9. The predicted molar refractivity (Wildman–Crippen MR) is 83.7 cm³/mol. The number of ether oxygens (including phenoxy) is 2. The number of fused-ring (bicyclic) bond motifs is 1. The smallest absolute Gasteiger partial charge is 0.175 e. The largest absolute Gasteiger partial charge is 0.490 e. The summed E-state index contributed by atoms with van der Waals surface area (Å²) in [7, 11) is -2.99. The summed E-state index contributed by atoms with van der Waals surface area (Å²) in [5.41, 5.74) is 0.694. The van der Waals surface area contributed by atoms with Gasteiger partial charge in [0.1, 0.15) is 9.84 Å². The van der Waals surface area contributed by atoms with E-state index >= 15 is 0 Å². The first-order valence-corrected chi connectivity index (χ1v) is 9.67. The van der Waals surface area contributed by atoms with Gasteiger partial charge in [-0.25, -0.2) is 8.42 Å². The third-order valence-corrected chi connectivity index (χ3v) is 4.82. The summed E-state index contributed by atoms with van der Waals surface area (Å²) in [5.74, 6) is 1.34. The van der Waals surface area contributed by atoms with Crippen molar-refractivity contribution in [3.63, 3.8) is 0 Å². The van der Waals surface area contributed by atoms with E-state index in [1.54, 1.807) is 12.1 Å². The second-order valence-electron chi connectivity index (χ2n) is 5.17. The summed E-state index contributed by atoms with van der Waals surface area (Å²) < 4.78 is 34.2. The van der Waals surface area contributed by atoms with Crippen LogP contribution in [0.15, 0.2) is 16.6 Å². The normalized spacial score (nSPS) is 16.3. The van der Waals surface area contributed by atoms with Gasteiger partial charge in [0.15, 0.2) is 11.5 Å². The zero-order valence-electron chi connectivity index (χ0n) is 11.8. The van der Waals surface area contributed by atoms with Crippen LogP contribution >= 0.6 is 15.9 Å². The number of benzene rings is 1. The molecule has 0 saturated heterocycles. The van der Waals surface area contributed by atoms with Crippen molar-refractivity contribution >= 4 is 25.8 Å². The van der Waals surface area contributed by atoms with Crippen molar-refractivity contribution in [3.05, 3.63) is 22.2 Å². The average molecular weight is 379 g/mol. The number of aliphatic hydroxyl groups excluding tert-OH is 1. The molecule has 1 heterocycles. The molecule has 0 radical (unpaired) electrons. The molecule has 0 bridgehead atoms. The number of rotatable bonds is 5. The van der Waals surface area contributed by atoms with Gasteiger partial charge in [-0.3, -0.25) is 0 Å². The van der Waals surface area contributed by atoms with Crippen LogP contribution in [0.3, 0.4) is 0 Å². The van der Waals surface area contributed by atoms with Gasteiger partial charge in [-0.1, -0.05) is 0 Å². The van der Waals surface area contributed by atoms with Crippen molar-refractivity contribution in [3.8, 4) is 11.5 Å². The fourth-order valence-electron chi connectivity index (χ4n) is 2.15. The third kappa shape index (κ3) is 4.86. The monoisotopic (exact) mass is 378 g/mol.